The lowest BCUT2D eigenvalue weighted by Crippen LogP contribution is -2.19. The average molecular weight is 444 g/mol. The van der Waals surface area contributed by atoms with Gasteiger partial charge < -0.3 is 9.30 Å². The molecule has 29 heavy (non-hydrogen) atoms. The predicted molar refractivity (Wildman–Crippen MR) is 118 cm³/mol. The number of rotatable bonds is 3. The van der Waals surface area contributed by atoms with Crippen LogP contribution in [0.3, 0.4) is 0 Å². The molecule has 0 atom stereocenters. The van der Waals surface area contributed by atoms with Crippen molar-refractivity contribution in [1.82, 2.24) is 4.57 Å². The van der Waals surface area contributed by atoms with Gasteiger partial charge in [0.15, 0.2) is 0 Å². The first-order chi connectivity index (χ1) is 14.2. The SMILES string of the molecule is O=C(Oc1ccccc1Br)c1cc(-c2ccccc2)c2n1CCc1ccccc1-2. The van der Waals surface area contributed by atoms with E-state index in [4.69, 9.17) is 4.74 Å². The number of carbonyl (C=O) groups excluding carboxylic acids is 1. The zero-order valence-corrected chi connectivity index (χ0v) is 17.2. The van der Waals surface area contributed by atoms with Gasteiger partial charge in [0.25, 0.3) is 0 Å². The van der Waals surface area contributed by atoms with Crippen LogP contribution in [0.4, 0.5) is 0 Å². The van der Waals surface area contributed by atoms with Crippen LogP contribution >= 0.6 is 15.9 Å². The molecule has 0 bridgehead atoms. The number of aromatic nitrogens is 1. The van der Waals surface area contributed by atoms with Crippen LogP contribution in [0.15, 0.2) is 89.4 Å². The zero-order valence-electron chi connectivity index (χ0n) is 15.6. The summed E-state index contributed by atoms with van der Waals surface area (Å²) >= 11 is 3.45. The fraction of sp³-hybridized carbons (Fsp3) is 0.0800. The molecule has 2 heterocycles. The molecule has 3 aromatic carbocycles. The van der Waals surface area contributed by atoms with Crippen molar-refractivity contribution >= 4 is 21.9 Å². The number of esters is 1. The van der Waals surface area contributed by atoms with E-state index in [-0.39, 0.29) is 5.97 Å². The van der Waals surface area contributed by atoms with E-state index in [1.165, 1.54) is 11.1 Å². The van der Waals surface area contributed by atoms with Gasteiger partial charge in [-0.2, -0.15) is 0 Å². The molecule has 0 saturated heterocycles. The van der Waals surface area contributed by atoms with Gasteiger partial charge in [0.1, 0.15) is 11.4 Å². The molecule has 3 nitrogen and oxygen atoms in total. The van der Waals surface area contributed by atoms with Crippen LogP contribution in [0.5, 0.6) is 5.75 Å². The number of benzene rings is 3. The summed E-state index contributed by atoms with van der Waals surface area (Å²) in [6, 6.07) is 28.0. The quantitative estimate of drug-likeness (QED) is 0.272. The number of carbonyl (C=O) groups is 1. The number of ether oxygens (including phenoxy) is 1. The molecule has 4 aromatic rings. The maximum atomic E-state index is 13.1. The van der Waals surface area contributed by atoms with Crippen molar-refractivity contribution in [1.29, 1.82) is 0 Å². The van der Waals surface area contributed by atoms with Gasteiger partial charge in [-0.15, -0.1) is 0 Å². The van der Waals surface area contributed by atoms with Gasteiger partial charge in [0.05, 0.1) is 10.2 Å². The Hall–Kier alpha value is -3.11. The largest absolute Gasteiger partial charge is 0.421 e. The van der Waals surface area contributed by atoms with Gasteiger partial charge in [0, 0.05) is 17.7 Å². The number of hydrogen-bond donors (Lipinski definition) is 0. The highest BCUT2D eigenvalue weighted by atomic mass is 79.9. The van der Waals surface area contributed by atoms with Crippen molar-refractivity contribution < 1.29 is 9.53 Å². The first kappa shape index (κ1) is 18.0. The minimum absolute atomic E-state index is 0.347. The molecular weight excluding hydrogens is 426 g/mol. The zero-order chi connectivity index (χ0) is 19.8. The predicted octanol–water partition coefficient (Wildman–Crippen LogP) is 6.36. The van der Waals surface area contributed by atoms with E-state index in [0.29, 0.717) is 11.4 Å². The molecule has 1 aliphatic heterocycles. The smallest absolute Gasteiger partial charge is 0.360 e. The Morgan fingerprint density at radius 3 is 2.41 bits per heavy atom. The van der Waals surface area contributed by atoms with Crippen LogP contribution < -0.4 is 4.74 Å². The molecule has 0 saturated carbocycles. The molecule has 0 fully saturated rings. The highest BCUT2D eigenvalue weighted by molar-refractivity contribution is 9.10. The fourth-order valence-corrected chi connectivity index (χ4v) is 4.33. The number of halogens is 1. The highest BCUT2D eigenvalue weighted by Crippen LogP contribution is 2.40. The molecule has 1 aromatic heterocycles. The maximum absolute atomic E-state index is 13.1. The van der Waals surface area contributed by atoms with Crippen LogP contribution in [0.2, 0.25) is 0 Å². The lowest BCUT2D eigenvalue weighted by atomic mass is 9.94. The minimum atomic E-state index is -0.347. The summed E-state index contributed by atoms with van der Waals surface area (Å²) in [4.78, 5) is 13.1. The number of fused-ring (bicyclic) bond motifs is 3. The third-order valence-electron chi connectivity index (χ3n) is 5.31. The molecule has 0 spiro atoms. The summed E-state index contributed by atoms with van der Waals surface area (Å²) in [5, 5.41) is 0. The Kier molecular flexibility index (Phi) is 4.57. The van der Waals surface area contributed by atoms with E-state index >= 15 is 0 Å². The lowest BCUT2D eigenvalue weighted by Gasteiger charge is -2.22. The first-order valence-electron chi connectivity index (χ1n) is 9.56. The van der Waals surface area contributed by atoms with Gasteiger partial charge in [-0.1, -0.05) is 66.7 Å². The van der Waals surface area contributed by atoms with Crippen molar-refractivity contribution in [3.8, 4) is 28.1 Å². The minimum Gasteiger partial charge on any atom is -0.421 e. The fourth-order valence-electron chi connectivity index (χ4n) is 3.96. The van der Waals surface area contributed by atoms with Gasteiger partial charge in [-0.05, 0) is 51.7 Å². The maximum Gasteiger partial charge on any atom is 0.360 e. The van der Waals surface area contributed by atoms with Crippen LogP contribution in [0.25, 0.3) is 22.4 Å². The van der Waals surface area contributed by atoms with E-state index in [1.807, 2.05) is 42.5 Å². The van der Waals surface area contributed by atoms with Crippen LogP contribution in [0.1, 0.15) is 16.1 Å². The standard InChI is InChI=1S/C25H18BrNO2/c26-21-12-6-7-13-23(21)29-25(28)22-16-20(17-8-2-1-3-9-17)24-19-11-5-4-10-18(19)14-15-27(22)24/h1-13,16H,14-15H2. The molecule has 4 heteroatoms. The summed E-state index contributed by atoms with van der Waals surface area (Å²) in [6.07, 6.45) is 0.890. The molecule has 1 aliphatic rings. The Labute approximate surface area is 177 Å². The Bertz CT molecular complexity index is 1210. The topological polar surface area (TPSA) is 31.2 Å². The van der Waals surface area contributed by atoms with Crippen molar-refractivity contribution in [2.24, 2.45) is 0 Å². The summed E-state index contributed by atoms with van der Waals surface area (Å²) in [7, 11) is 0. The van der Waals surface area contributed by atoms with Gasteiger partial charge in [0.2, 0.25) is 0 Å². The Morgan fingerprint density at radius 1 is 0.862 bits per heavy atom. The lowest BCUT2D eigenvalue weighted by molar-refractivity contribution is 0.0722. The number of hydrogen-bond acceptors (Lipinski definition) is 2. The normalized spacial score (nSPS) is 12.2. The number of para-hydroxylation sites is 1. The Morgan fingerprint density at radius 2 is 1.59 bits per heavy atom. The van der Waals surface area contributed by atoms with Gasteiger partial charge in [-0.3, -0.25) is 0 Å². The summed E-state index contributed by atoms with van der Waals surface area (Å²) in [5.41, 5.74) is 6.28. The molecule has 0 aliphatic carbocycles. The van der Waals surface area contributed by atoms with E-state index in [9.17, 15) is 4.79 Å². The molecule has 5 rings (SSSR count). The molecule has 0 radical (unpaired) electrons. The highest BCUT2D eigenvalue weighted by Gasteiger charge is 2.27. The monoisotopic (exact) mass is 443 g/mol. The van der Waals surface area contributed by atoms with E-state index in [1.54, 1.807) is 6.07 Å². The summed E-state index contributed by atoms with van der Waals surface area (Å²) in [6.45, 7) is 0.750. The molecule has 0 N–H and O–H groups in total. The third-order valence-corrected chi connectivity index (χ3v) is 5.96. The average Bonchev–Trinajstić information content (AvgIpc) is 3.16. The summed E-state index contributed by atoms with van der Waals surface area (Å²) in [5.74, 6) is 0.172. The van der Waals surface area contributed by atoms with Crippen molar-refractivity contribution in [3.63, 3.8) is 0 Å². The molecule has 0 unspecified atom stereocenters. The molecule has 142 valence electrons. The summed E-state index contributed by atoms with van der Waals surface area (Å²) < 4.78 is 8.59. The van der Waals surface area contributed by atoms with Crippen molar-refractivity contribution in [2.75, 3.05) is 0 Å². The number of nitrogens with zero attached hydrogens (tertiary/aromatic N) is 1. The van der Waals surface area contributed by atoms with Crippen LogP contribution in [0, 0.1) is 0 Å². The van der Waals surface area contributed by atoms with Crippen LogP contribution in [-0.2, 0) is 13.0 Å². The van der Waals surface area contributed by atoms with Gasteiger partial charge >= 0.3 is 5.97 Å². The van der Waals surface area contributed by atoms with Crippen LogP contribution in [-0.4, -0.2) is 10.5 Å². The van der Waals surface area contributed by atoms with E-state index in [0.717, 1.165) is 34.3 Å². The van der Waals surface area contributed by atoms with Gasteiger partial charge in [-0.25, -0.2) is 4.79 Å². The second kappa shape index (κ2) is 7.37. The second-order valence-electron chi connectivity index (χ2n) is 7.04. The second-order valence-corrected chi connectivity index (χ2v) is 7.89. The van der Waals surface area contributed by atoms with Crippen molar-refractivity contribution in [2.45, 2.75) is 13.0 Å². The third kappa shape index (κ3) is 3.19. The number of aryl methyl sites for hydroxylation is 1. The van der Waals surface area contributed by atoms with E-state index in [2.05, 4.69) is 56.9 Å². The molecular formula is C25H18BrNO2. The first-order valence-corrected chi connectivity index (χ1v) is 10.4. The van der Waals surface area contributed by atoms with Crippen molar-refractivity contribution in [3.05, 3.63) is 101 Å². The Balaban J connectivity index is 1.66. The molecule has 0 amide bonds. The van der Waals surface area contributed by atoms with E-state index < -0.39 is 0 Å².